The third-order valence-corrected chi connectivity index (χ3v) is 7.45. The fourth-order valence-electron chi connectivity index (χ4n) is 4.28. The van der Waals surface area contributed by atoms with Crippen molar-refractivity contribution in [2.24, 2.45) is 0 Å². The van der Waals surface area contributed by atoms with Crippen molar-refractivity contribution in [2.45, 2.75) is 52.4 Å². The fraction of sp³-hybridized carbons (Fsp3) is 0.276. The van der Waals surface area contributed by atoms with Gasteiger partial charge < -0.3 is 0 Å². The highest BCUT2D eigenvalue weighted by Crippen LogP contribution is 2.34. The van der Waals surface area contributed by atoms with Gasteiger partial charge in [-0.15, -0.1) is 11.3 Å². The van der Waals surface area contributed by atoms with Crippen LogP contribution >= 0.6 is 11.3 Å². The van der Waals surface area contributed by atoms with Crippen molar-refractivity contribution in [3.63, 3.8) is 0 Å². The summed E-state index contributed by atoms with van der Waals surface area (Å²) in [6.45, 7) is 13.3. The lowest BCUT2D eigenvalue weighted by molar-refractivity contribution is 0.591. The van der Waals surface area contributed by atoms with Gasteiger partial charge in [0.2, 0.25) is 0 Å². The zero-order valence-corrected chi connectivity index (χ0v) is 19.9. The molecule has 5 rings (SSSR count). The Morgan fingerprint density at radius 2 is 1.10 bits per heavy atom. The number of rotatable bonds is 0. The summed E-state index contributed by atoms with van der Waals surface area (Å²) >= 11 is 1.71. The van der Waals surface area contributed by atoms with Gasteiger partial charge in [-0.25, -0.2) is 0 Å². The van der Waals surface area contributed by atoms with E-state index in [2.05, 4.69) is 102 Å². The first-order chi connectivity index (χ1) is 14.5. The lowest BCUT2D eigenvalue weighted by Gasteiger charge is -2.19. The van der Waals surface area contributed by atoms with Gasteiger partial charge in [0.1, 0.15) is 0 Å². The standard InChI is InChI=1S/C29H28OS/c1-28(2,3)21-8-7-17-11-20-15-26-23(14-19(20)12-18(17)13-21)27(30)24-16-22(29(4,5)6)9-10-25(24)31-26/h7-16H,1-6H3. The van der Waals surface area contributed by atoms with E-state index in [1.54, 1.807) is 11.3 Å². The van der Waals surface area contributed by atoms with Crippen LogP contribution < -0.4 is 5.43 Å². The number of hydrogen-bond acceptors (Lipinski definition) is 2. The number of hydrogen-bond donors (Lipinski definition) is 0. The van der Waals surface area contributed by atoms with Crippen LogP contribution in [0.25, 0.3) is 41.7 Å². The second-order valence-electron chi connectivity index (χ2n) is 10.8. The largest absolute Gasteiger partial charge is 0.289 e. The molecule has 0 bridgehead atoms. The van der Waals surface area contributed by atoms with Gasteiger partial charge in [-0.3, -0.25) is 4.79 Å². The van der Waals surface area contributed by atoms with Crippen molar-refractivity contribution in [2.75, 3.05) is 0 Å². The van der Waals surface area contributed by atoms with E-state index in [9.17, 15) is 4.79 Å². The Morgan fingerprint density at radius 1 is 0.548 bits per heavy atom. The first-order valence-electron chi connectivity index (χ1n) is 10.9. The molecule has 0 unspecified atom stereocenters. The molecule has 0 amide bonds. The average molecular weight is 425 g/mol. The van der Waals surface area contributed by atoms with Gasteiger partial charge in [-0.05, 0) is 79.9 Å². The van der Waals surface area contributed by atoms with E-state index in [4.69, 9.17) is 0 Å². The number of fused-ring (bicyclic) bond motifs is 4. The topological polar surface area (TPSA) is 17.1 Å². The molecule has 0 aliphatic rings. The van der Waals surface area contributed by atoms with E-state index >= 15 is 0 Å². The zero-order chi connectivity index (χ0) is 22.1. The molecule has 5 aromatic rings. The summed E-state index contributed by atoms with van der Waals surface area (Å²) < 4.78 is 2.11. The van der Waals surface area contributed by atoms with E-state index in [1.807, 2.05) is 0 Å². The van der Waals surface area contributed by atoms with Crippen LogP contribution in [0.3, 0.4) is 0 Å². The molecule has 0 aliphatic carbocycles. The molecule has 31 heavy (non-hydrogen) atoms. The second kappa shape index (κ2) is 6.64. The Bertz CT molecular complexity index is 1560. The van der Waals surface area contributed by atoms with Crippen molar-refractivity contribution in [3.8, 4) is 0 Å². The molecule has 1 aromatic heterocycles. The van der Waals surface area contributed by atoms with Crippen LogP contribution in [-0.4, -0.2) is 0 Å². The lowest BCUT2D eigenvalue weighted by Crippen LogP contribution is -2.12. The minimum absolute atomic E-state index is 0.0211. The molecule has 1 nitrogen and oxygen atoms in total. The van der Waals surface area contributed by atoms with Gasteiger partial charge in [0.05, 0.1) is 0 Å². The van der Waals surface area contributed by atoms with Gasteiger partial charge in [-0.1, -0.05) is 65.8 Å². The monoisotopic (exact) mass is 424 g/mol. The van der Waals surface area contributed by atoms with Crippen molar-refractivity contribution in [1.82, 2.24) is 0 Å². The highest BCUT2D eigenvalue weighted by molar-refractivity contribution is 7.24. The zero-order valence-electron chi connectivity index (χ0n) is 19.1. The molecule has 1 heterocycles. The molecule has 0 spiro atoms. The first kappa shape index (κ1) is 20.2. The van der Waals surface area contributed by atoms with Crippen molar-refractivity contribution < 1.29 is 0 Å². The quantitative estimate of drug-likeness (QED) is 0.228. The van der Waals surface area contributed by atoms with E-state index in [-0.39, 0.29) is 16.3 Å². The smallest absolute Gasteiger partial charge is 0.195 e. The summed E-state index contributed by atoms with van der Waals surface area (Å²) in [5.41, 5.74) is 2.80. The Morgan fingerprint density at radius 3 is 1.81 bits per heavy atom. The Balaban J connectivity index is 1.80. The normalized spacial score (nSPS) is 13.0. The first-order valence-corrected chi connectivity index (χ1v) is 11.7. The van der Waals surface area contributed by atoms with Gasteiger partial charge in [-0.2, -0.15) is 0 Å². The molecule has 0 N–H and O–H groups in total. The molecule has 0 atom stereocenters. The van der Waals surface area contributed by atoms with Gasteiger partial charge >= 0.3 is 0 Å². The van der Waals surface area contributed by atoms with Crippen LogP contribution in [0.15, 0.2) is 65.5 Å². The maximum Gasteiger partial charge on any atom is 0.195 e. The molecule has 0 fully saturated rings. The molecule has 0 aliphatic heterocycles. The fourth-order valence-corrected chi connectivity index (χ4v) is 5.37. The summed E-state index contributed by atoms with van der Waals surface area (Å²) in [6.07, 6.45) is 0. The van der Waals surface area contributed by atoms with Crippen LogP contribution in [-0.2, 0) is 10.8 Å². The molecule has 2 heteroatoms. The summed E-state index contributed by atoms with van der Waals surface area (Å²) in [5.74, 6) is 0. The van der Waals surface area contributed by atoms with E-state index < -0.39 is 0 Å². The minimum atomic E-state index is 0.0211. The molecular formula is C29H28OS. The predicted octanol–water partition coefficient (Wildman–Crippen LogP) is 8.32. The maximum atomic E-state index is 13.5. The van der Waals surface area contributed by atoms with Crippen LogP contribution in [0.4, 0.5) is 0 Å². The van der Waals surface area contributed by atoms with Crippen LogP contribution in [0.1, 0.15) is 52.7 Å². The average Bonchev–Trinajstić information content (AvgIpc) is 2.69. The van der Waals surface area contributed by atoms with Crippen LogP contribution in [0.2, 0.25) is 0 Å². The molecular weight excluding hydrogens is 396 g/mol. The molecule has 0 saturated carbocycles. The minimum Gasteiger partial charge on any atom is -0.289 e. The molecule has 0 saturated heterocycles. The Labute approximate surface area is 187 Å². The highest BCUT2D eigenvalue weighted by Gasteiger charge is 2.17. The third kappa shape index (κ3) is 3.43. The maximum absolute atomic E-state index is 13.5. The predicted molar refractivity (Wildman–Crippen MR) is 138 cm³/mol. The number of benzene rings is 4. The molecule has 4 aromatic carbocycles. The van der Waals surface area contributed by atoms with Gasteiger partial charge in [0.15, 0.2) is 5.43 Å². The molecule has 0 radical (unpaired) electrons. The Kier molecular flexibility index (Phi) is 4.33. The lowest BCUT2D eigenvalue weighted by atomic mass is 9.85. The van der Waals surface area contributed by atoms with Crippen molar-refractivity contribution in [3.05, 3.63) is 82.0 Å². The Hall–Kier alpha value is -2.71. The van der Waals surface area contributed by atoms with Gasteiger partial charge in [0.25, 0.3) is 0 Å². The summed E-state index contributed by atoms with van der Waals surface area (Å²) in [6, 6.07) is 21.9. The van der Waals surface area contributed by atoms with Crippen LogP contribution in [0, 0.1) is 0 Å². The molecule has 156 valence electrons. The SMILES string of the molecule is CC(C)(C)c1ccc2cc3cc4sc5ccc(C(C)(C)C)cc5c(=O)c4cc3cc2c1. The van der Waals surface area contributed by atoms with E-state index in [0.29, 0.717) is 0 Å². The van der Waals surface area contributed by atoms with Gasteiger partial charge in [0, 0.05) is 20.2 Å². The van der Waals surface area contributed by atoms with Crippen LogP contribution in [0.5, 0.6) is 0 Å². The summed E-state index contributed by atoms with van der Waals surface area (Å²) in [4.78, 5) is 13.5. The highest BCUT2D eigenvalue weighted by atomic mass is 32.1. The van der Waals surface area contributed by atoms with Crippen molar-refractivity contribution in [1.29, 1.82) is 0 Å². The van der Waals surface area contributed by atoms with E-state index in [0.717, 1.165) is 25.6 Å². The van der Waals surface area contributed by atoms with E-state index in [1.165, 1.54) is 27.3 Å². The van der Waals surface area contributed by atoms with Crippen molar-refractivity contribution >= 4 is 53.1 Å². The summed E-state index contributed by atoms with van der Waals surface area (Å²) in [5, 5.41) is 6.43. The summed E-state index contributed by atoms with van der Waals surface area (Å²) in [7, 11) is 0. The third-order valence-electron chi connectivity index (χ3n) is 6.31. The second-order valence-corrected chi connectivity index (χ2v) is 11.8.